The molecule has 1 fully saturated rings. The fourth-order valence-electron chi connectivity index (χ4n) is 2.62. The molecule has 1 aromatic heterocycles. The molecule has 1 aliphatic rings. The van der Waals surface area contributed by atoms with E-state index in [2.05, 4.69) is 41.7 Å². The normalized spacial score (nSPS) is 23.7. The Hall–Kier alpha value is -1.16. The van der Waals surface area contributed by atoms with Crippen LogP contribution in [0.25, 0.3) is 0 Å². The number of nitrogens with two attached hydrogens (primary N) is 1. The van der Waals surface area contributed by atoms with Crippen LogP contribution in [0.5, 0.6) is 0 Å². The summed E-state index contributed by atoms with van der Waals surface area (Å²) < 4.78 is 0. The Morgan fingerprint density at radius 3 is 2.33 bits per heavy atom. The smallest absolute Gasteiger partial charge is 0.226 e. The largest absolute Gasteiger partial charge is 0.338 e. The SMILES string of the molecule is CCc1cc(CC)nc(N2CC(CN)CC2C)n1. The Kier molecular flexibility index (Phi) is 4.17. The van der Waals surface area contributed by atoms with Gasteiger partial charge in [-0.2, -0.15) is 0 Å². The Balaban J connectivity index is 2.27. The van der Waals surface area contributed by atoms with Crippen LogP contribution in [0.4, 0.5) is 5.95 Å². The maximum Gasteiger partial charge on any atom is 0.226 e. The van der Waals surface area contributed by atoms with Gasteiger partial charge in [0.2, 0.25) is 5.95 Å². The second-order valence-corrected chi connectivity index (χ2v) is 5.20. The molecule has 0 saturated carbocycles. The van der Waals surface area contributed by atoms with E-state index in [0.29, 0.717) is 12.0 Å². The second kappa shape index (κ2) is 5.65. The molecule has 4 heteroatoms. The van der Waals surface area contributed by atoms with Crippen molar-refractivity contribution in [3.05, 3.63) is 17.5 Å². The van der Waals surface area contributed by atoms with E-state index in [1.807, 2.05) is 0 Å². The minimum Gasteiger partial charge on any atom is -0.338 e. The van der Waals surface area contributed by atoms with E-state index in [1.54, 1.807) is 0 Å². The van der Waals surface area contributed by atoms with Crippen molar-refractivity contribution in [3.63, 3.8) is 0 Å². The van der Waals surface area contributed by atoms with Gasteiger partial charge in [-0.25, -0.2) is 9.97 Å². The molecule has 1 saturated heterocycles. The lowest BCUT2D eigenvalue weighted by Crippen LogP contribution is -2.30. The third-order valence-corrected chi connectivity index (χ3v) is 3.80. The molecule has 0 aromatic carbocycles. The predicted molar refractivity (Wildman–Crippen MR) is 74.8 cm³/mol. The fourth-order valence-corrected chi connectivity index (χ4v) is 2.62. The lowest BCUT2D eigenvalue weighted by molar-refractivity contribution is 0.579. The minimum atomic E-state index is 0.496. The molecule has 2 rings (SSSR count). The van der Waals surface area contributed by atoms with E-state index < -0.39 is 0 Å². The van der Waals surface area contributed by atoms with Crippen LogP contribution in [-0.2, 0) is 12.8 Å². The van der Waals surface area contributed by atoms with Crippen LogP contribution in [0.15, 0.2) is 6.07 Å². The number of hydrogen-bond acceptors (Lipinski definition) is 4. The van der Waals surface area contributed by atoms with Gasteiger partial charge < -0.3 is 10.6 Å². The molecule has 0 radical (unpaired) electrons. The van der Waals surface area contributed by atoms with E-state index >= 15 is 0 Å². The molecule has 2 N–H and O–H groups in total. The summed E-state index contributed by atoms with van der Waals surface area (Å²) in [5.74, 6) is 1.48. The fraction of sp³-hybridized carbons (Fsp3) is 0.714. The summed E-state index contributed by atoms with van der Waals surface area (Å²) in [6, 6.07) is 2.61. The highest BCUT2D eigenvalue weighted by Gasteiger charge is 2.30. The molecule has 0 amide bonds. The molecule has 1 aliphatic heterocycles. The Morgan fingerprint density at radius 2 is 1.89 bits per heavy atom. The molecular formula is C14H24N4. The van der Waals surface area contributed by atoms with Gasteiger partial charge in [0.25, 0.3) is 0 Å². The zero-order chi connectivity index (χ0) is 13.1. The average Bonchev–Trinajstić information content (AvgIpc) is 2.79. The second-order valence-electron chi connectivity index (χ2n) is 5.20. The molecule has 2 unspecified atom stereocenters. The molecule has 2 atom stereocenters. The Labute approximate surface area is 110 Å². The summed E-state index contributed by atoms with van der Waals surface area (Å²) in [6.07, 6.45) is 3.08. The van der Waals surface area contributed by atoms with Crippen molar-refractivity contribution in [2.24, 2.45) is 11.7 Å². The monoisotopic (exact) mass is 248 g/mol. The highest BCUT2D eigenvalue weighted by atomic mass is 15.3. The summed E-state index contributed by atoms with van der Waals surface area (Å²) in [5, 5.41) is 0. The van der Waals surface area contributed by atoms with Gasteiger partial charge in [0.05, 0.1) is 0 Å². The third-order valence-electron chi connectivity index (χ3n) is 3.80. The van der Waals surface area contributed by atoms with Gasteiger partial charge in [0, 0.05) is 24.0 Å². The van der Waals surface area contributed by atoms with Crippen molar-refractivity contribution >= 4 is 5.95 Å². The summed E-state index contributed by atoms with van der Waals surface area (Å²) in [7, 11) is 0. The van der Waals surface area contributed by atoms with E-state index in [1.165, 1.54) is 0 Å². The van der Waals surface area contributed by atoms with Gasteiger partial charge in [-0.05, 0) is 44.7 Å². The highest BCUT2D eigenvalue weighted by molar-refractivity contribution is 5.36. The number of aromatic nitrogens is 2. The van der Waals surface area contributed by atoms with Crippen LogP contribution < -0.4 is 10.6 Å². The molecule has 2 heterocycles. The standard InChI is InChI=1S/C14H24N4/c1-4-12-7-13(5-2)17-14(16-12)18-9-11(8-15)6-10(18)3/h7,10-11H,4-6,8-9,15H2,1-3H3. The van der Waals surface area contributed by atoms with Gasteiger partial charge in [-0.1, -0.05) is 13.8 Å². The van der Waals surface area contributed by atoms with Crippen LogP contribution in [0.3, 0.4) is 0 Å². The first-order valence-corrected chi connectivity index (χ1v) is 7.01. The van der Waals surface area contributed by atoms with Gasteiger partial charge in [-0.3, -0.25) is 0 Å². The maximum absolute atomic E-state index is 5.78. The molecule has 18 heavy (non-hydrogen) atoms. The summed E-state index contributed by atoms with van der Waals surface area (Å²) in [6.45, 7) is 8.27. The van der Waals surface area contributed by atoms with Crippen LogP contribution in [0.1, 0.15) is 38.6 Å². The van der Waals surface area contributed by atoms with Gasteiger partial charge in [0.1, 0.15) is 0 Å². The van der Waals surface area contributed by atoms with Crippen molar-refractivity contribution in [3.8, 4) is 0 Å². The lowest BCUT2D eigenvalue weighted by atomic mass is 10.1. The summed E-state index contributed by atoms with van der Waals surface area (Å²) >= 11 is 0. The summed E-state index contributed by atoms with van der Waals surface area (Å²) in [4.78, 5) is 11.7. The minimum absolute atomic E-state index is 0.496. The van der Waals surface area contributed by atoms with Crippen molar-refractivity contribution in [2.45, 2.75) is 46.1 Å². The molecule has 1 aromatic rings. The number of hydrogen-bond donors (Lipinski definition) is 1. The maximum atomic E-state index is 5.78. The van der Waals surface area contributed by atoms with E-state index in [0.717, 1.165) is 49.7 Å². The predicted octanol–water partition coefficient (Wildman–Crippen LogP) is 1.77. The molecular weight excluding hydrogens is 224 g/mol. The van der Waals surface area contributed by atoms with Gasteiger partial charge in [0.15, 0.2) is 0 Å². The number of aryl methyl sites for hydroxylation is 2. The van der Waals surface area contributed by atoms with Crippen molar-refractivity contribution in [2.75, 3.05) is 18.0 Å². The molecule has 0 aliphatic carbocycles. The Morgan fingerprint density at radius 1 is 1.28 bits per heavy atom. The van der Waals surface area contributed by atoms with Crippen molar-refractivity contribution in [1.82, 2.24) is 9.97 Å². The third kappa shape index (κ3) is 2.64. The zero-order valence-corrected chi connectivity index (χ0v) is 11.7. The van der Waals surface area contributed by atoms with Crippen LogP contribution in [0.2, 0.25) is 0 Å². The van der Waals surface area contributed by atoms with Gasteiger partial charge in [-0.15, -0.1) is 0 Å². The number of anilines is 1. The van der Waals surface area contributed by atoms with Gasteiger partial charge >= 0.3 is 0 Å². The lowest BCUT2D eigenvalue weighted by Gasteiger charge is -2.22. The number of nitrogens with zero attached hydrogens (tertiary/aromatic N) is 3. The Bertz CT molecular complexity index is 383. The number of rotatable bonds is 4. The van der Waals surface area contributed by atoms with E-state index in [-0.39, 0.29) is 0 Å². The van der Waals surface area contributed by atoms with Crippen molar-refractivity contribution in [1.29, 1.82) is 0 Å². The highest BCUT2D eigenvalue weighted by Crippen LogP contribution is 2.26. The molecule has 0 bridgehead atoms. The average molecular weight is 248 g/mol. The first-order chi connectivity index (χ1) is 8.67. The first kappa shape index (κ1) is 13.3. The topological polar surface area (TPSA) is 55.0 Å². The van der Waals surface area contributed by atoms with Crippen LogP contribution >= 0.6 is 0 Å². The quantitative estimate of drug-likeness (QED) is 0.882. The first-order valence-electron chi connectivity index (χ1n) is 7.01. The summed E-state index contributed by atoms with van der Waals surface area (Å²) in [5.41, 5.74) is 8.06. The molecule has 0 spiro atoms. The van der Waals surface area contributed by atoms with Crippen molar-refractivity contribution < 1.29 is 0 Å². The molecule has 100 valence electrons. The van der Waals surface area contributed by atoms with Crippen LogP contribution in [0, 0.1) is 5.92 Å². The zero-order valence-electron chi connectivity index (χ0n) is 11.7. The van der Waals surface area contributed by atoms with Crippen LogP contribution in [-0.4, -0.2) is 29.1 Å². The van der Waals surface area contributed by atoms with E-state index in [9.17, 15) is 0 Å². The molecule has 4 nitrogen and oxygen atoms in total. The van der Waals surface area contributed by atoms with E-state index in [4.69, 9.17) is 5.73 Å².